The van der Waals surface area contributed by atoms with Crippen molar-refractivity contribution in [2.24, 2.45) is 0 Å². The van der Waals surface area contributed by atoms with Crippen LogP contribution in [0, 0.1) is 6.92 Å². The van der Waals surface area contributed by atoms with E-state index in [9.17, 15) is 4.79 Å². The number of ether oxygens (including phenoxy) is 1. The van der Waals surface area contributed by atoms with Gasteiger partial charge in [0.15, 0.2) is 10.9 Å². The molecule has 9 heteroatoms. The molecule has 1 amide bonds. The molecule has 0 saturated carbocycles. The molecule has 1 aromatic heterocycles. The highest BCUT2D eigenvalue weighted by molar-refractivity contribution is 7.80. The fraction of sp³-hybridized carbons (Fsp3) is 0.174. The zero-order valence-electron chi connectivity index (χ0n) is 17.7. The van der Waals surface area contributed by atoms with E-state index in [1.54, 1.807) is 32.2 Å². The number of hydrogen-bond acceptors (Lipinski definition) is 5. The van der Waals surface area contributed by atoms with E-state index >= 15 is 0 Å². The number of hydrogen-bond donors (Lipinski definition) is 2. The molecule has 0 radical (unpaired) electrons. The minimum atomic E-state index is -0.470. The van der Waals surface area contributed by atoms with Gasteiger partial charge in [0.2, 0.25) is 0 Å². The fourth-order valence-corrected chi connectivity index (χ4v) is 4.08. The number of halogens is 1. The van der Waals surface area contributed by atoms with E-state index in [0.29, 0.717) is 33.0 Å². The Morgan fingerprint density at radius 3 is 2.47 bits per heavy atom. The monoisotopic (exact) mass is 468 g/mol. The fourth-order valence-electron chi connectivity index (χ4n) is 3.59. The summed E-state index contributed by atoms with van der Waals surface area (Å²) in [5, 5.41) is 11.1. The minimum absolute atomic E-state index is 0.315. The van der Waals surface area contributed by atoms with Crippen molar-refractivity contribution < 1.29 is 14.1 Å². The Labute approximate surface area is 196 Å². The van der Waals surface area contributed by atoms with Crippen molar-refractivity contribution in [1.29, 1.82) is 0 Å². The van der Waals surface area contributed by atoms with Crippen LogP contribution in [-0.4, -0.2) is 23.3 Å². The minimum Gasteiger partial charge on any atom is -0.497 e. The predicted molar refractivity (Wildman–Crippen MR) is 128 cm³/mol. The molecule has 164 valence electrons. The molecule has 0 saturated heterocycles. The largest absolute Gasteiger partial charge is 0.497 e. The van der Waals surface area contributed by atoms with Crippen molar-refractivity contribution in [2.75, 3.05) is 17.3 Å². The number of nitrogens with one attached hydrogen (secondary N) is 2. The number of aryl methyl sites for hydroxylation is 1. The predicted octanol–water partition coefficient (Wildman–Crippen LogP) is 4.99. The molecule has 0 fully saturated rings. The Morgan fingerprint density at radius 1 is 1.19 bits per heavy atom. The highest BCUT2D eigenvalue weighted by Crippen LogP contribution is 2.35. The van der Waals surface area contributed by atoms with Gasteiger partial charge in [-0.05, 0) is 68.0 Å². The molecule has 4 rings (SSSR count). The molecule has 1 unspecified atom stereocenters. The molecule has 2 N–H and O–H groups in total. The lowest BCUT2D eigenvalue weighted by Gasteiger charge is -2.38. The summed E-state index contributed by atoms with van der Waals surface area (Å²) in [5.41, 5.74) is 2.85. The van der Waals surface area contributed by atoms with E-state index in [1.807, 2.05) is 48.2 Å². The summed E-state index contributed by atoms with van der Waals surface area (Å²) in [6, 6.07) is 15.9. The lowest BCUT2D eigenvalue weighted by molar-refractivity contribution is -0.113. The molecule has 0 aliphatic carbocycles. The second-order valence-electron chi connectivity index (χ2n) is 7.24. The van der Waals surface area contributed by atoms with E-state index < -0.39 is 6.04 Å². The van der Waals surface area contributed by atoms with Gasteiger partial charge < -0.3 is 19.9 Å². The third kappa shape index (κ3) is 4.32. The zero-order valence-corrected chi connectivity index (χ0v) is 19.3. The summed E-state index contributed by atoms with van der Waals surface area (Å²) in [6.07, 6.45) is 0. The SMILES string of the molecule is COc1ccc(N2C(=S)NC(c3ccc(Cl)cc3)C(C(=O)Nc3cc(C)on3)=C2C)cc1. The van der Waals surface area contributed by atoms with E-state index in [1.165, 1.54) is 0 Å². The van der Waals surface area contributed by atoms with Gasteiger partial charge in [-0.25, -0.2) is 0 Å². The van der Waals surface area contributed by atoms with Crippen molar-refractivity contribution >= 4 is 46.3 Å². The van der Waals surface area contributed by atoms with Crippen LogP contribution >= 0.6 is 23.8 Å². The van der Waals surface area contributed by atoms with Gasteiger partial charge in [-0.15, -0.1) is 0 Å². The number of aromatic nitrogens is 1. The molecule has 0 bridgehead atoms. The van der Waals surface area contributed by atoms with Crippen molar-refractivity contribution in [1.82, 2.24) is 10.5 Å². The molecule has 0 spiro atoms. The lowest BCUT2D eigenvalue weighted by atomic mass is 9.94. The van der Waals surface area contributed by atoms with Crippen LogP contribution in [0.1, 0.15) is 24.3 Å². The van der Waals surface area contributed by atoms with Crippen LogP contribution in [0.5, 0.6) is 5.75 Å². The zero-order chi connectivity index (χ0) is 22.8. The summed E-state index contributed by atoms with van der Waals surface area (Å²) in [5.74, 6) is 1.35. The van der Waals surface area contributed by atoms with Gasteiger partial charge in [0.05, 0.1) is 18.7 Å². The van der Waals surface area contributed by atoms with E-state index in [4.69, 9.17) is 33.1 Å². The molecule has 2 heterocycles. The van der Waals surface area contributed by atoms with Crippen molar-refractivity contribution in [3.8, 4) is 5.75 Å². The number of carbonyl (C=O) groups is 1. The molecule has 1 aliphatic heterocycles. The summed E-state index contributed by atoms with van der Waals surface area (Å²) in [6.45, 7) is 3.62. The van der Waals surface area contributed by atoms with Gasteiger partial charge in [0, 0.05) is 22.5 Å². The topological polar surface area (TPSA) is 79.6 Å². The number of rotatable bonds is 5. The highest BCUT2D eigenvalue weighted by atomic mass is 35.5. The standard InChI is InChI=1S/C23H21ClN4O3S/c1-13-12-19(27-31-13)25-22(29)20-14(2)28(17-8-10-18(30-3)11-9-17)23(32)26-21(20)15-4-6-16(24)7-5-15/h4-12,21H,1-3H3,(H,26,32)(H,25,27,29). The first-order valence-corrected chi connectivity index (χ1v) is 10.6. The van der Waals surface area contributed by atoms with Crippen LogP contribution in [0.2, 0.25) is 5.02 Å². The number of nitrogens with zero attached hydrogens (tertiary/aromatic N) is 2. The van der Waals surface area contributed by atoms with Crippen LogP contribution in [0.3, 0.4) is 0 Å². The maximum absolute atomic E-state index is 13.4. The quantitative estimate of drug-likeness (QED) is 0.510. The molecular weight excluding hydrogens is 448 g/mol. The van der Waals surface area contributed by atoms with Crippen LogP contribution in [0.15, 0.2) is 70.4 Å². The third-order valence-electron chi connectivity index (χ3n) is 5.13. The van der Waals surface area contributed by atoms with Crippen molar-refractivity contribution in [3.05, 3.63) is 82.2 Å². The van der Waals surface area contributed by atoms with Crippen LogP contribution in [0.25, 0.3) is 0 Å². The van der Waals surface area contributed by atoms with Gasteiger partial charge in [-0.1, -0.05) is 28.9 Å². The first-order chi connectivity index (χ1) is 15.4. The highest BCUT2D eigenvalue weighted by Gasteiger charge is 2.35. The maximum Gasteiger partial charge on any atom is 0.257 e. The van der Waals surface area contributed by atoms with E-state index in [2.05, 4.69) is 15.8 Å². The van der Waals surface area contributed by atoms with E-state index in [0.717, 1.165) is 17.0 Å². The molecule has 7 nitrogen and oxygen atoms in total. The first-order valence-electron chi connectivity index (χ1n) is 9.83. The van der Waals surface area contributed by atoms with Crippen molar-refractivity contribution in [2.45, 2.75) is 19.9 Å². The van der Waals surface area contributed by atoms with Gasteiger partial charge in [0.25, 0.3) is 5.91 Å². The van der Waals surface area contributed by atoms with Gasteiger partial charge in [0.1, 0.15) is 11.5 Å². The van der Waals surface area contributed by atoms with Crippen LogP contribution in [-0.2, 0) is 4.79 Å². The number of methoxy groups -OCH3 is 1. The molecule has 2 aromatic carbocycles. The third-order valence-corrected chi connectivity index (χ3v) is 5.69. The summed E-state index contributed by atoms with van der Waals surface area (Å²) < 4.78 is 10.3. The number of benzene rings is 2. The molecular formula is C23H21ClN4O3S. The lowest BCUT2D eigenvalue weighted by Crippen LogP contribution is -2.48. The van der Waals surface area contributed by atoms with E-state index in [-0.39, 0.29) is 5.91 Å². The smallest absolute Gasteiger partial charge is 0.257 e. The van der Waals surface area contributed by atoms with Crippen LogP contribution in [0.4, 0.5) is 11.5 Å². The second kappa shape index (κ2) is 9.02. The molecule has 3 aromatic rings. The van der Waals surface area contributed by atoms with Crippen LogP contribution < -0.4 is 20.3 Å². The second-order valence-corrected chi connectivity index (χ2v) is 8.07. The normalized spacial score (nSPS) is 16.1. The Bertz CT molecular complexity index is 1190. The number of amides is 1. The van der Waals surface area contributed by atoms with Gasteiger partial charge >= 0.3 is 0 Å². The average Bonchev–Trinajstić information content (AvgIpc) is 3.18. The molecule has 32 heavy (non-hydrogen) atoms. The number of thiocarbonyl (C=S) groups is 1. The maximum atomic E-state index is 13.4. The molecule has 1 atom stereocenters. The van der Waals surface area contributed by atoms with Gasteiger partial charge in [-0.3, -0.25) is 9.69 Å². The number of allylic oxidation sites excluding steroid dienone is 1. The summed E-state index contributed by atoms with van der Waals surface area (Å²) in [7, 11) is 1.61. The Hall–Kier alpha value is -3.36. The number of anilines is 2. The Balaban J connectivity index is 1.78. The number of carbonyl (C=O) groups excluding carboxylic acids is 1. The Kier molecular flexibility index (Phi) is 6.16. The summed E-state index contributed by atoms with van der Waals surface area (Å²) in [4.78, 5) is 15.2. The summed E-state index contributed by atoms with van der Waals surface area (Å²) >= 11 is 11.8. The first kappa shape index (κ1) is 21.9. The average molecular weight is 469 g/mol. The molecule has 1 aliphatic rings. The van der Waals surface area contributed by atoms with Gasteiger partial charge in [-0.2, -0.15) is 0 Å². The van der Waals surface area contributed by atoms with Crippen molar-refractivity contribution in [3.63, 3.8) is 0 Å². The Morgan fingerprint density at radius 2 is 1.88 bits per heavy atom.